The molecule has 1 heterocycles. The van der Waals surface area contributed by atoms with E-state index in [0.29, 0.717) is 12.1 Å². The molecule has 2 aromatic rings. The Balaban J connectivity index is 2.08. The molecule has 1 unspecified atom stereocenters. The van der Waals surface area contributed by atoms with Crippen molar-refractivity contribution in [1.82, 2.24) is 20.1 Å². The third kappa shape index (κ3) is 3.42. The van der Waals surface area contributed by atoms with Gasteiger partial charge in [0, 0.05) is 18.2 Å². The fraction of sp³-hybridized carbons (Fsp3) is 0.357. The second-order valence-electron chi connectivity index (χ2n) is 4.86. The monoisotopic (exact) mass is 273 g/mol. The number of aryl methyl sites for hydroxylation is 1. The highest BCUT2D eigenvalue weighted by molar-refractivity contribution is 5.95. The first kappa shape index (κ1) is 14.2. The second-order valence-corrected chi connectivity index (χ2v) is 4.86. The summed E-state index contributed by atoms with van der Waals surface area (Å²) in [5, 5.41) is 6.93. The molecule has 0 saturated carbocycles. The zero-order valence-corrected chi connectivity index (χ0v) is 11.7. The van der Waals surface area contributed by atoms with Crippen molar-refractivity contribution < 1.29 is 4.79 Å². The molecule has 20 heavy (non-hydrogen) atoms. The maximum absolute atomic E-state index is 12.1. The molecule has 6 nitrogen and oxygen atoms in total. The molecule has 0 aliphatic heterocycles. The Kier molecular flexibility index (Phi) is 4.47. The number of benzene rings is 1. The highest BCUT2D eigenvalue weighted by Gasteiger charge is 2.10. The number of nitrogens with one attached hydrogen (secondary N) is 1. The van der Waals surface area contributed by atoms with E-state index in [0.717, 1.165) is 17.7 Å². The van der Waals surface area contributed by atoms with E-state index >= 15 is 0 Å². The van der Waals surface area contributed by atoms with Crippen molar-refractivity contribution in [3.8, 4) is 5.69 Å². The summed E-state index contributed by atoms with van der Waals surface area (Å²) in [6.07, 6.45) is 3.86. The Morgan fingerprint density at radius 2 is 2.30 bits per heavy atom. The molecule has 3 N–H and O–H groups in total. The van der Waals surface area contributed by atoms with Crippen LogP contribution in [-0.4, -0.2) is 33.3 Å². The zero-order chi connectivity index (χ0) is 14.5. The number of aromatic nitrogens is 3. The smallest absolute Gasteiger partial charge is 0.251 e. The van der Waals surface area contributed by atoms with Gasteiger partial charge in [-0.25, -0.2) is 9.67 Å². The lowest BCUT2D eigenvalue weighted by Gasteiger charge is -2.10. The summed E-state index contributed by atoms with van der Waals surface area (Å²) < 4.78 is 1.66. The van der Waals surface area contributed by atoms with Crippen LogP contribution in [0.4, 0.5) is 0 Å². The van der Waals surface area contributed by atoms with Crippen LogP contribution in [0.1, 0.15) is 29.3 Å². The average Bonchev–Trinajstić information content (AvgIpc) is 2.91. The summed E-state index contributed by atoms with van der Waals surface area (Å²) in [5.74, 6) is -0.0757. The molecular formula is C14H19N5O. The Labute approximate surface area is 118 Å². The van der Waals surface area contributed by atoms with Crippen molar-refractivity contribution in [2.24, 2.45) is 5.73 Å². The molecule has 6 heteroatoms. The van der Waals surface area contributed by atoms with Gasteiger partial charge in [0.2, 0.25) is 0 Å². The Bertz CT molecular complexity index is 577. The number of hydrogen-bond acceptors (Lipinski definition) is 4. The second kappa shape index (κ2) is 6.29. The number of carbonyl (C=O) groups is 1. The highest BCUT2D eigenvalue weighted by Crippen LogP contribution is 2.13. The highest BCUT2D eigenvalue weighted by atomic mass is 16.1. The Hall–Kier alpha value is -2.21. The van der Waals surface area contributed by atoms with E-state index < -0.39 is 0 Å². The van der Waals surface area contributed by atoms with Gasteiger partial charge >= 0.3 is 0 Å². The normalized spacial score (nSPS) is 12.2. The van der Waals surface area contributed by atoms with Crippen LogP contribution < -0.4 is 11.1 Å². The van der Waals surface area contributed by atoms with Crippen molar-refractivity contribution in [2.45, 2.75) is 26.3 Å². The predicted octanol–water partition coefficient (Wildman–Crippen LogP) is 1.04. The van der Waals surface area contributed by atoms with E-state index in [1.807, 2.05) is 26.0 Å². The van der Waals surface area contributed by atoms with Crippen molar-refractivity contribution >= 4 is 5.91 Å². The minimum absolute atomic E-state index is 0.0757. The largest absolute Gasteiger partial charge is 0.352 e. The fourth-order valence-corrected chi connectivity index (χ4v) is 1.90. The summed E-state index contributed by atoms with van der Waals surface area (Å²) in [7, 11) is 0. The van der Waals surface area contributed by atoms with Crippen molar-refractivity contribution in [1.29, 1.82) is 0 Å². The lowest BCUT2D eigenvalue weighted by molar-refractivity contribution is 0.0952. The standard InChI is InChI=1S/C14H19N5O/c1-10-7-12(19-9-16-8-18-19)3-4-13(10)14(20)17-6-5-11(2)15/h3-4,7-9,11H,5-6,15H2,1-2H3,(H,17,20). The fourth-order valence-electron chi connectivity index (χ4n) is 1.90. The molecule has 1 aromatic carbocycles. The molecule has 0 spiro atoms. The van der Waals surface area contributed by atoms with E-state index in [1.165, 1.54) is 6.33 Å². The van der Waals surface area contributed by atoms with Crippen LogP contribution in [0, 0.1) is 6.92 Å². The van der Waals surface area contributed by atoms with Gasteiger partial charge in [-0.3, -0.25) is 4.79 Å². The van der Waals surface area contributed by atoms with E-state index in [9.17, 15) is 4.79 Å². The molecule has 0 aliphatic carbocycles. The first-order chi connectivity index (χ1) is 9.58. The number of nitrogens with two attached hydrogens (primary N) is 1. The third-order valence-electron chi connectivity index (χ3n) is 3.02. The van der Waals surface area contributed by atoms with Crippen LogP contribution >= 0.6 is 0 Å². The van der Waals surface area contributed by atoms with Gasteiger partial charge in [0.15, 0.2) is 0 Å². The molecule has 106 valence electrons. The van der Waals surface area contributed by atoms with E-state index in [2.05, 4.69) is 15.4 Å². The molecule has 0 bridgehead atoms. The number of hydrogen-bond donors (Lipinski definition) is 2. The lowest BCUT2D eigenvalue weighted by Crippen LogP contribution is -2.29. The zero-order valence-electron chi connectivity index (χ0n) is 11.7. The minimum Gasteiger partial charge on any atom is -0.352 e. The number of rotatable bonds is 5. The van der Waals surface area contributed by atoms with Crippen LogP contribution in [-0.2, 0) is 0 Å². The van der Waals surface area contributed by atoms with E-state index in [1.54, 1.807) is 17.1 Å². The van der Waals surface area contributed by atoms with Crippen molar-refractivity contribution in [3.63, 3.8) is 0 Å². The maximum Gasteiger partial charge on any atom is 0.251 e. The summed E-state index contributed by atoms with van der Waals surface area (Å²) in [4.78, 5) is 16.0. The molecule has 0 fully saturated rings. The van der Waals surface area contributed by atoms with Gasteiger partial charge in [0.25, 0.3) is 5.91 Å². The molecule has 2 rings (SSSR count). The molecule has 0 saturated heterocycles. The molecule has 0 aliphatic rings. The maximum atomic E-state index is 12.1. The number of carbonyl (C=O) groups excluding carboxylic acids is 1. The first-order valence-electron chi connectivity index (χ1n) is 6.57. The van der Waals surface area contributed by atoms with Gasteiger partial charge < -0.3 is 11.1 Å². The number of nitrogens with zero attached hydrogens (tertiary/aromatic N) is 3. The summed E-state index contributed by atoms with van der Waals surface area (Å²) in [5.41, 5.74) is 8.10. The van der Waals surface area contributed by atoms with Gasteiger partial charge in [0.1, 0.15) is 12.7 Å². The SMILES string of the molecule is Cc1cc(-n2cncn2)ccc1C(=O)NCCC(C)N. The topological polar surface area (TPSA) is 85.8 Å². The van der Waals surface area contributed by atoms with Crippen LogP contribution in [0.2, 0.25) is 0 Å². The van der Waals surface area contributed by atoms with Crippen LogP contribution in [0.3, 0.4) is 0 Å². The van der Waals surface area contributed by atoms with E-state index in [-0.39, 0.29) is 11.9 Å². The first-order valence-corrected chi connectivity index (χ1v) is 6.57. The van der Waals surface area contributed by atoms with Gasteiger partial charge in [0.05, 0.1) is 5.69 Å². The molecule has 1 amide bonds. The van der Waals surface area contributed by atoms with Crippen molar-refractivity contribution in [2.75, 3.05) is 6.54 Å². The minimum atomic E-state index is -0.0757. The summed E-state index contributed by atoms with van der Waals surface area (Å²) in [6, 6.07) is 5.65. The van der Waals surface area contributed by atoms with Gasteiger partial charge in [-0.05, 0) is 44.0 Å². The summed E-state index contributed by atoms with van der Waals surface area (Å²) in [6.45, 7) is 4.41. The van der Waals surface area contributed by atoms with Crippen LogP contribution in [0.15, 0.2) is 30.9 Å². The van der Waals surface area contributed by atoms with Gasteiger partial charge in [-0.15, -0.1) is 0 Å². The quantitative estimate of drug-likeness (QED) is 0.852. The Morgan fingerprint density at radius 3 is 2.90 bits per heavy atom. The van der Waals surface area contributed by atoms with Crippen LogP contribution in [0.5, 0.6) is 0 Å². The van der Waals surface area contributed by atoms with Gasteiger partial charge in [-0.1, -0.05) is 0 Å². The van der Waals surface area contributed by atoms with Gasteiger partial charge in [-0.2, -0.15) is 5.10 Å². The summed E-state index contributed by atoms with van der Waals surface area (Å²) >= 11 is 0. The number of amides is 1. The third-order valence-corrected chi connectivity index (χ3v) is 3.02. The molecule has 0 radical (unpaired) electrons. The van der Waals surface area contributed by atoms with Crippen molar-refractivity contribution in [3.05, 3.63) is 42.0 Å². The molecule has 1 atom stereocenters. The molecular weight excluding hydrogens is 254 g/mol. The van der Waals surface area contributed by atoms with Crippen LogP contribution in [0.25, 0.3) is 5.69 Å². The van der Waals surface area contributed by atoms with E-state index in [4.69, 9.17) is 5.73 Å². The predicted molar refractivity (Wildman–Crippen MR) is 76.7 cm³/mol. The average molecular weight is 273 g/mol. The molecule has 1 aromatic heterocycles. The Morgan fingerprint density at radius 1 is 1.50 bits per heavy atom. The lowest BCUT2D eigenvalue weighted by atomic mass is 10.1.